The number of nitrogens with two attached hydrogens (primary N) is 1. The summed E-state index contributed by atoms with van der Waals surface area (Å²) in [5.74, 6) is 0.264. The summed E-state index contributed by atoms with van der Waals surface area (Å²) in [6, 6.07) is 1.63. The average molecular weight is 389 g/mol. The minimum Gasteiger partial charge on any atom is -0.444 e. The highest BCUT2D eigenvalue weighted by Gasteiger charge is 2.50. The molecule has 0 atom stereocenters. The van der Waals surface area contributed by atoms with Crippen LogP contribution in [0.3, 0.4) is 0 Å². The van der Waals surface area contributed by atoms with Crippen LogP contribution in [0, 0.1) is 5.41 Å². The Balaban J connectivity index is 1.42. The van der Waals surface area contributed by atoms with Crippen LogP contribution in [-0.4, -0.2) is 49.7 Å². The van der Waals surface area contributed by atoms with Crippen LogP contribution in [0.2, 0.25) is 5.15 Å². The van der Waals surface area contributed by atoms with E-state index in [0.29, 0.717) is 18.8 Å². The fourth-order valence-electron chi connectivity index (χ4n) is 3.45. The summed E-state index contributed by atoms with van der Waals surface area (Å²) in [4.78, 5) is 13.8. The number of allylic oxidation sites excluding steroid dienone is 1. The van der Waals surface area contributed by atoms with E-state index in [-0.39, 0.29) is 22.5 Å². The molecule has 4 rings (SSSR count). The molecule has 0 aromatic carbocycles. The van der Waals surface area contributed by atoms with Crippen LogP contribution in [-0.2, 0) is 4.74 Å². The molecule has 2 N–H and O–H groups in total. The monoisotopic (exact) mass is 388 g/mol. The van der Waals surface area contributed by atoms with Gasteiger partial charge >= 0.3 is 6.09 Å². The number of ether oxygens (including phenoxy) is 1. The smallest absolute Gasteiger partial charge is 0.410 e. The number of aromatic nitrogens is 4. The minimum atomic E-state index is -0.471. The number of nitrogens with zero attached hydrogens (tertiary/aromatic N) is 5. The van der Waals surface area contributed by atoms with Gasteiger partial charge in [-0.05, 0) is 32.8 Å². The van der Waals surface area contributed by atoms with Crippen LogP contribution in [0.1, 0.15) is 32.8 Å². The van der Waals surface area contributed by atoms with E-state index < -0.39 is 5.60 Å². The lowest BCUT2D eigenvalue weighted by molar-refractivity contribution is -0.0207. The first-order chi connectivity index (χ1) is 12.6. The van der Waals surface area contributed by atoms with Crippen LogP contribution in [0.25, 0.3) is 11.3 Å². The Morgan fingerprint density at radius 1 is 1.33 bits per heavy atom. The van der Waals surface area contributed by atoms with Gasteiger partial charge in [-0.15, -0.1) is 10.2 Å². The minimum absolute atomic E-state index is 0.0644. The van der Waals surface area contributed by atoms with Gasteiger partial charge in [0.05, 0.1) is 6.20 Å². The second-order valence-corrected chi connectivity index (χ2v) is 8.54. The molecule has 27 heavy (non-hydrogen) atoms. The van der Waals surface area contributed by atoms with Gasteiger partial charge in [0.15, 0.2) is 11.0 Å². The van der Waals surface area contributed by atoms with Gasteiger partial charge in [0.25, 0.3) is 0 Å². The van der Waals surface area contributed by atoms with Gasteiger partial charge in [0.1, 0.15) is 11.3 Å². The van der Waals surface area contributed by atoms with Crippen molar-refractivity contribution in [2.45, 2.75) is 32.8 Å². The molecule has 0 unspecified atom stereocenters. The van der Waals surface area contributed by atoms with Gasteiger partial charge in [-0.3, -0.25) is 0 Å². The van der Waals surface area contributed by atoms with Crippen molar-refractivity contribution < 1.29 is 9.53 Å². The van der Waals surface area contributed by atoms with Crippen molar-refractivity contribution in [2.75, 3.05) is 18.8 Å². The summed E-state index contributed by atoms with van der Waals surface area (Å²) in [5, 5.41) is 12.1. The lowest BCUT2D eigenvalue weighted by Crippen LogP contribution is -2.60. The number of hydrogen-bond acceptors (Lipinski definition) is 6. The van der Waals surface area contributed by atoms with Crippen molar-refractivity contribution in [3.8, 4) is 5.69 Å². The molecule has 1 spiro atoms. The van der Waals surface area contributed by atoms with Crippen molar-refractivity contribution in [3.63, 3.8) is 0 Å². The Morgan fingerprint density at radius 3 is 2.70 bits per heavy atom. The molecule has 0 bridgehead atoms. The van der Waals surface area contributed by atoms with E-state index in [4.69, 9.17) is 22.1 Å². The standard InChI is InChI=1S/C18H21ClN6O2/c1-17(2,3)27-16(26)24-9-18(10-24)5-11(6-18)12-7-21-25(8-12)13-4-14(19)22-23-15(13)20/h4-5,7-8H,6,9-10H2,1-3H3,(H2,20,23). The van der Waals surface area contributed by atoms with Gasteiger partial charge in [-0.1, -0.05) is 17.7 Å². The highest BCUT2D eigenvalue weighted by molar-refractivity contribution is 6.29. The van der Waals surface area contributed by atoms with E-state index in [1.807, 2.05) is 27.0 Å². The largest absolute Gasteiger partial charge is 0.444 e. The van der Waals surface area contributed by atoms with Gasteiger partial charge in [-0.25, -0.2) is 9.48 Å². The first-order valence-electron chi connectivity index (χ1n) is 8.68. The number of halogens is 1. The first kappa shape index (κ1) is 17.8. The van der Waals surface area contributed by atoms with E-state index in [1.54, 1.807) is 21.8 Å². The summed E-state index contributed by atoms with van der Waals surface area (Å²) in [6.45, 7) is 7.00. The first-order valence-corrected chi connectivity index (χ1v) is 9.06. The van der Waals surface area contributed by atoms with Crippen LogP contribution >= 0.6 is 11.6 Å². The Morgan fingerprint density at radius 2 is 2.04 bits per heavy atom. The molecule has 1 aliphatic carbocycles. The molecule has 0 saturated carbocycles. The summed E-state index contributed by atoms with van der Waals surface area (Å²) in [7, 11) is 0. The summed E-state index contributed by atoms with van der Waals surface area (Å²) < 4.78 is 7.05. The Hall–Kier alpha value is -2.61. The van der Waals surface area contributed by atoms with E-state index in [0.717, 1.165) is 12.0 Å². The number of hydrogen-bond donors (Lipinski definition) is 1. The topological polar surface area (TPSA) is 99.2 Å². The molecule has 2 aromatic heterocycles. The van der Waals surface area contributed by atoms with Gasteiger partial charge in [0, 0.05) is 36.3 Å². The number of carbonyl (C=O) groups is 1. The zero-order chi connectivity index (χ0) is 19.4. The third-order valence-electron chi connectivity index (χ3n) is 4.66. The summed E-state index contributed by atoms with van der Waals surface area (Å²) in [5.41, 5.74) is 8.27. The van der Waals surface area contributed by atoms with Crippen LogP contribution in [0.4, 0.5) is 10.6 Å². The third-order valence-corrected chi connectivity index (χ3v) is 4.84. The fourth-order valence-corrected chi connectivity index (χ4v) is 3.59. The molecule has 1 saturated heterocycles. The predicted molar refractivity (Wildman–Crippen MR) is 101 cm³/mol. The number of likely N-dealkylation sites (tertiary alicyclic amines) is 1. The lowest BCUT2D eigenvalue weighted by atomic mass is 9.64. The molecule has 2 aromatic rings. The second kappa shape index (κ2) is 5.95. The number of rotatable bonds is 2. The second-order valence-electron chi connectivity index (χ2n) is 8.16. The predicted octanol–water partition coefficient (Wildman–Crippen LogP) is 2.92. The van der Waals surface area contributed by atoms with Crippen molar-refractivity contribution in [1.29, 1.82) is 0 Å². The Labute approximate surface area is 161 Å². The molecule has 8 nitrogen and oxygen atoms in total. The number of carbonyl (C=O) groups excluding carboxylic acids is 1. The van der Waals surface area contributed by atoms with Crippen LogP contribution in [0.5, 0.6) is 0 Å². The molecular formula is C18H21ClN6O2. The summed E-state index contributed by atoms with van der Waals surface area (Å²) >= 11 is 5.89. The van der Waals surface area contributed by atoms with E-state index in [2.05, 4.69) is 21.4 Å². The average Bonchev–Trinajstić information content (AvgIpc) is 2.94. The molecule has 1 amide bonds. The molecule has 1 aliphatic heterocycles. The Bertz CT molecular complexity index is 940. The highest BCUT2D eigenvalue weighted by atomic mass is 35.5. The number of anilines is 1. The zero-order valence-corrected chi connectivity index (χ0v) is 16.2. The molecule has 142 valence electrons. The number of amides is 1. The maximum absolute atomic E-state index is 12.1. The Kier molecular flexibility index (Phi) is 3.92. The molecule has 1 fully saturated rings. The normalized spacial score (nSPS) is 17.9. The van der Waals surface area contributed by atoms with E-state index in [9.17, 15) is 4.79 Å². The van der Waals surface area contributed by atoms with Crippen molar-refractivity contribution in [1.82, 2.24) is 24.9 Å². The fraction of sp³-hybridized carbons (Fsp3) is 0.444. The third kappa shape index (κ3) is 3.37. The molecule has 2 aliphatic rings. The van der Waals surface area contributed by atoms with E-state index >= 15 is 0 Å². The maximum atomic E-state index is 12.1. The van der Waals surface area contributed by atoms with Crippen molar-refractivity contribution in [2.24, 2.45) is 5.41 Å². The van der Waals surface area contributed by atoms with Crippen LogP contribution < -0.4 is 5.73 Å². The maximum Gasteiger partial charge on any atom is 0.410 e. The molecule has 9 heteroatoms. The van der Waals surface area contributed by atoms with Gasteiger partial charge in [-0.2, -0.15) is 5.10 Å². The quantitative estimate of drug-likeness (QED) is 0.849. The van der Waals surface area contributed by atoms with Crippen molar-refractivity contribution in [3.05, 3.63) is 35.3 Å². The van der Waals surface area contributed by atoms with Crippen molar-refractivity contribution >= 4 is 29.1 Å². The number of nitrogen functional groups attached to an aromatic ring is 1. The van der Waals surface area contributed by atoms with Crippen LogP contribution in [0.15, 0.2) is 24.5 Å². The summed E-state index contributed by atoms with van der Waals surface area (Å²) in [6.07, 6.45) is 6.56. The van der Waals surface area contributed by atoms with Gasteiger partial charge in [0.2, 0.25) is 0 Å². The molecule has 0 radical (unpaired) electrons. The van der Waals surface area contributed by atoms with Gasteiger partial charge < -0.3 is 15.4 Å². The highest BCUT2D eigenvalue weighted by Crippen LogP contribution is 2.50. The zero-order valence-electron chi connectivity index (χ0n) is 15.4. The van der Waals surface area contributed by atoms with E-state index in [1.165, 1.54) is 5.57 Å². The molecular weight excluding hydrogens is 368 g/mol. The molecule has 3 heterocycles. The lowest BCUT2D eigenvalue weighted by Gasteiger charge is -2.53. The SMILES string of the molecule is CC(C)(C)OC(=O)N1CC2(C=C(c3cnn(-c4cc(Cl)nnc4N)c3)C2)C1.